The second-order valence-corrected chi connectivity index (χ2v) is 6.19. The number of nitrogens with one attached hydrogen (secondary N) is 1. The monoisotopic (exact) mass is 387 g/mol. The lowest BCUT2D eigenvalue weighted by Gasteiger charge is -2.11. The molecule has 0 saturated heterocycles. The lowest BCUT2D eigenvalue weighted by Crippen LogP contribution is -2.28. The summed E-state index contributed by atoms with van der Waals surface area (Å²) in [6, 6.07) is 20.1. The first kappa shape index (κ1) is 19.8. The van der Waals surface area contributed by atoms with E-state index in [0.717, 1.165) is 22.3 Å². The van der Waals surface area contributed by atoms with Crippen molar-refractivity contribution in [3.05, 3.63) is 102 Å². The van der Waals surface area contributed by atoms with Gasteiger partial charge in [0.05, 0.1) is 5.97 Å². The van der Waals surface area contributed by atoms with Crippen LogP contribution in [0.25, 0.3) is 5.57 Å². The van der Waals surface area contributed by atoms with Crippen LogP contribution in [0.3, 0.4) is 0 Å². The fourth-order valence-electron chi connectivity index (χ4n) is 2.70. The van der Waals surface area contributed by atoms with Crippen molar-refractivity contribution in [2.24, 2.45) is 0 Å². The Morgan fingerprint density at radius 1 is 0.966 bits per heavy atom. The smallest absolute Gasteiger partial charge is 0.244 e. The van der Waals surface area contributed by atoms with Crippen molar-refractivity contribution in [2.75, 3.05) is 6.61 Å². The number of benzene rings is 2. The molecule has 0 atom stereocenters. The zero-order valence-electron chi connectivity index (χ0n) is 15.6. The Kier molecular flexibility index (Phi) is 6.73. The van der Waals surface area contributed by atoms with Crippen molar-refractivity contribution in [2.45, 2.75) is 6.54 Å². The molecule has 0 saturated carbocycles. The van der Waals surface area contributed by atoms with E-state index < -0.39 is 12.6 Å². The van der Waals surface area contributed by atoms with Gasteiger partial charge in [-0.3, -0.25) is 9.78 Å². The number of hydrogen-bond donors (Lipinski definition) is 1. The second kappa shape index (κ2) is 9.85. The lowest BCUT2D eigenvalue weighted by molar-refractivity contribution is -0.307. The van der Waals surface area contributed by atoms with Gasteiger partial charge in [-0.1, -0.05) is 48.5 Å². The zero-order chi connectivity index (χ0) is 20.5. The number of amides is 1. The standard InChI is InChI=1S/C23H20N2O4/c26-22(25-15-17-5-4-12-24-14-17)13-21(18-6-2-1-3-7-18)19-8-10-20(11-9-19)29-16-23(27)28/h1-14H,15-16H2,(H,25,26)(H,27,28)/p-1/b21-13-. The molecule has 3 rings (SSSR count). The third kappa shape index (κ3) is 6.04. The summed E-state index contributed by atoms with van der Waals surface area (Å²) < 4.78 is 5.11. The minimum atomic E-state index is -1.29. The molecule has 0 radical (unpaired) electrons. The SMILES string of the molecule is O=C([O-])COc1ccc(/C(=C\C(=O)NCc2cccnc2)c2ccccc2)cc1. The molecular formula is C23H19N2O4-. The van der Waals surface area contributed by atoms with Crippen molar-refractivity contribution < 1.29 is 19.4 Å². The minimum Gasteiger partial charge on any atom is -0.546 e. The molecule has 1 N–H and O–H groups in total. The quantitative estimate of drug-likeness (QED) is 0.597. The van der Waals surface area contributed by atoms with E-state index in [9.17, 15) is 14.7 Å². The topological polar surface area (TPSA) is 91.4 Å². The lowest BCUT2D eigenvalue weighted by atomic mass is 9.97. The Morgan fingerprint density at radius 2 is 1.69 bits per heavy atom. The second-order valence-electron chi connectivity index (χ2n) is 6.19. The van der Waals surface area contributed by atoms with Crippen LogP contribution in [0.1, 0.15) is 16.7 Å². The van der Waals surface area contributed by atoms with Crippen molar-refractivity contribution in [3.63, 3.8) is 0 Å². The summed E-state index contributed by atoms with van der Waals surface area (Å²) in [6.45, 7) is -0.140. The maximum absolute atomic E-state index is 12.5. The maximum atomic E-state index is 12.5. The summed E-state index contributed by atoms with van der Waals surface area (Å²) in [5.74, 6) is -1.11. The van der Waals surface area contributed by atoms with Crippen LogP contribution in [0.5, 0.6) is 5.75 Å². The fraction of sp³-hybridized carbons (Fsp3) is 0.0870. The number of nitrogens with zero attached hydrogens (tertiary/aromatic N) is 1. The minimum absolute atomic E-state index is 0.231. The number of carbonyl (C=O) groups is 2. The molecule has 3 aromatic rings. The molecule has 1 heterocycles. The number of carboxylic acid groups (broad SMARTS) is 1. The molecule has 0 spiro atoms. The maximum Gasteiger partial charge on any atom is 0.244 e. The molecule has 6 heteroatoms. The molecule has 0 fully saturated rings. The van der Waals surface area contributed by atoms with Gasteiger partial charge in [-0.15, -0.1) is 0 Å². The van der Waals surface area contributed by atoms with Crippen LogP contribution in [0.2, 0.25) is 0 Å². The predicted octanol–water partition coefficient (Wildman–Crippen LogP) is 1.96. The number of carboxylic acids is 1. The fourth-order valence-corrected chi connectivity index (χ4v) is 2.70. The van der Waals surface area contributed by atoms with Gasteiger partial charge < -0.3 is 20.0 Å². The molecule has 1 aromatic heterocycles. The average molecular weight is 387 g/mol. The molecule has 2 aromatic carbocycles. The van der Waals surface area contributed by atoms with E-state index in [2.05, 4.69) is 10.3 Å². The molecule has 146 valence electrons. The van der Waals surface area contributed by atoms with Crippen molar-refractivity contribution in [1.82, 2.24) is 10.3 Å². The van der Waals surface area contributed by atoms with Crippen molar-refractivity contribution >= 4 is 17.4 Å². The van der Waals surface area contributed by atoms with E-state index >= 15 is 0 Å². The molecule has 0 bridgehead atoms. The van der Waals surface area contributed by atoms with Crippen LogP contribution in [0, 0.1) is 0 Å². The molecule has 0 unspecified atom stereocenters. The van der Waals surface area contributed by atoms with Crippen LogP contribution >= 0.6 is 0 Å². The molecule has 0 aliphatic heterocycles. The van der Waals surface area contributed by atoms with Crippen molar-refractivity contribution in [1.29, 1.82) is 0 Å². The molecule has 0 aliphatic rings. The first-order valence-corrected chi connectivity index (χ1v) is 8.99. The highest BCUT2D eigenvalue weighted by atomic mass is 16.5. The van der Waals surface area contributed by atoms with Gasteiger partial charge in [0.1, 0.15) is 12.4 Å². The number of carbonyl (C=O) groups excluding carboxylic acids is 2. The van der Waals surface area contributed by atoms with Crippen LogP contribution < -0.4 is 15.2 Å². The summed E-state index contributed by atoms with van der Waals surface area (Å²) in [5.41, 5.74) is 3.33. The summed E-state index contributed by atoms with van der Waals surface area (Å²) in [4.78, 5) is 27.1. The largest absolute Gasteiger partial charge is 0.546 e. The normalized spacial score (nSPS) is 11.0. The summed E-state index contributed by atoms with van der Waals surface area (Å²) in [5, 5.41) is 13.4. The van der Waals surface area contributed by atoms with Crippen LogP contribution in [-0.2, 0) is 16.1 Å². The number of aromatic nitrogens is 1. The Labute approximate surface area is 168 Å². The van der Waals surface area contributed by atoms with E-state index in [1.54, 1.807) is 42.7 Å². The Bertz CT molecular complexity index is 984. The van der Waals surface area contributed by atoms with Gasteiger partial charge in [0.25, 0.3) is 0 Å². The highest BCUT2D eigenvalue weighted by Gasteiger charge is 2.08. The zero-order valence-corrected chi connectivity index (χ0v) is 15.6. The first-order valence-electron chi connectivity index (χ1n) is 8.99. The summed E-state index contributed by atoms with van der Waals surface area (Å²) in [6.07, 6.45) is 4.93. The molecule has 29 heavy (non-hydrogen) atoms. The van der Waals surface area contributed by atoms with Crippen LogP contribution in [0.15, 0.2) is 85.2 Å². The van der Waals surface area contributed by atoms with Gasteiger partial charge in [0.15, 0.2) is 0 Å². The number of aliphatic carboxylic acids is 1. The first-order chi connectivity index (χ1) is 14.1. The van der Waals surface area contributed by atoms with Gasteiger partial charge in [-0.2, -0.15) is 0 Å². The van der Waals surface area contributed by atoms with Gasteiger partial charge >= 0.3 is 0 Å². The number of hydrogen-bond acceptors (Lipinski definition) is 5. The highest BCUT2D eigenvalue weighted by molar-refractivity contribution is 5.99. The van der Waals surface area contributed by atoms with Gasteiger partial charge in [0.2, 0.25) is 5.91 Å². The molecular weight excluding hydrogens is 368 g/mol. The summed E-state index contributed by atoms with van der Waals surface area (Å²) >= 11 is 0. The van der Waals surface area contributed by atoms with Crippen LogP contribution in [-0.4, -0.2) is 23.5 Å². The number of pyridine rings is 1. The summed E-state index contributed by atoms with van der Waals surface area (Å²) in [7, 11) is 0. The van der Waals surface area contributed by atoms with E-state index in [-0.39, 0.29) is 5.91 Å². The van der Waals surface area contributed by atoms with E-state index in [4.69, 9.17) is 4.74 Å². The van der Waals surface area contributed by atoms with E-state index in [0.29, 0.717) is 12.3 Å². The van der Waals surface area contributed by atoms with Gasteiger partial charge in [-0.05, 0) is 40.5 Å². The molecule has 1 amide bonds. The van der Waals surface area contributed by atoms with Gasteiger partial charge in [0, 0.05) is 25.0 Å². The van der Waals surface area contributed by atoms with Gasteiger partial charge in [-0.25, -0.2) is 0 Å². The Balaban J connectivity index is 1.80. The van der Waals surface area contributed by atoms with Crippen LogP contribution in [0.4, 0.5) is 0 Å². The van der Waals surface area contributed by atoms with Crippen molar-refractivity contribution in [3.8, 4) is 5.75 Å². The van der Waals surface area contributed by atoms with E-state index in [1.807, 2.05) is 42.5 Å². The predicted molar refractivity (Wildman–Crippen MR) is 107 cm³/mol. The number of rotatable bonds is 8. The highest BCUT2D eigenvalue weighted by Crippen LogP contribution is 2.25. The number of ether oxygens (including phenoxy) is 1. The molecule has 0 aliphatic carbocycles. The molecule has 6 nitrogen and oxygen atoms in total. The Hall–Kier alpha value is -3.93. The third-order valence-electron chi connectivity index (χ3n) is 4.07. The van der Waals surface area contributed by atoms with E-state index in [1.165, 1.54) is 0 Å². The Morgan fingerprint density at radius 3 is 2.34 bits per heavy atom. The average Bonchev–Trinajstić information content (AvgIpc) is 2.76. The third-order valence-corrected chi connectivity index (χ3v) is 4.07.